The molecule has 110 valence electrons. The largest absolute Gasteiger partial charge is 0.347 e. The smallest absolute Gasteiger partial charge is 0.262 e. The number of carbonyl (C=O) groups is 1. The fourth-order valence-electron chi connectivity index (χ4n) is 2.05. The molecule has 2 rings (SSSR count). The van der Waals surface area contributed by atoms with Crippen LogP contribution in [0.15, 0.2) is 21.5 Å². The summed E-state index contributed by atoms with van der Waals surface area (Å²) in [6.07, 6.45) is 2.71. The van der Waals surface area contributed by atoms with Gasteiger partial charge in [0, 0.05) is 21.8 Å². The van der Waals surface area contributed by atoms with Crippen molar-refractivity contribution < 1.29 is 17.6 Å². The third kappa shape index (κ3) is 3.15. The van der Waals surface area contributed by atoms with E-state index in [1.807, 2.05) is 6.92 Å². The van der Waals surface area contributed by atoms with Gasteiger partial charge in [-0.15, -0.1) is 0 Å². The summed E-state index contributed by atoms with van der Waals surface area (Å²) in [7, 11) is 1.09. The molecule has 0 bridgehead atoms. The number of halogens is 3. The molecular formula is C12H12BrClFNO3S. The van der Waals surface area contributed by atoms with E-state index in [0.29, 0.717) is 0 Å². The molecule has 1 fully saturated rings. The summed E-state index contributed by atoms with van der Waals surface area (Å²) >= 11 is 2.82. The maximum Gasteiger partial charge on any atom is 0.262 e. The normalized spacial score (nSPS) is 17.4. The molecule has 1 aromatic carbocycles. The molecule has 8 heteroatoms. The predicted molar refractivity (Wildman–Crippen MR) is 76.9 cm³/mol. The van der Waals surface area contributed by atoms with E-state index in [9.17, 15) is 17.6 Å². The second kappa shape index (κ2) is 5.27. The molecule has 0 aliphatic heterocycles. The van der Waals surface area contributed by atoms with Crippen LogP contribution in [0.3, 0.4) is 0 Å². The molecule has 1 aliphatic carbocycles. The van der Waals surface area contributed by atoms with Gasteiger partial charge in [0.25, 0.3) is 15.0 Å². The van der Waals surface area contributed by atoms with Crippen LogP contribution in [0.25, 0.3) is 0 Å². The molecule has 1 aromatic rings. The standard InChI is InChI=1S/C12H12BrClFNO3S/c1-12(3-2-4-12)16-11(17)7-5-8(15)10(13)9(6-7)20(14,18)19/h5-6H,2-4H2,1H3,(H,16,17). The van der Waals surface area contributed by atoms with E-state index in [2.05, 4.69) is 21.2 Å². The summed E-state index contributed by atoms with van der Waals surface area (Å²) in [5, 5.41) is 2.78. The maximum atomic E-state index is 13.7. The van der Waals surface area contributed by atoms with E-state index < -0.39 is 25.7 Å². The van der Waals surface area contributed by atoms with Crippen LogP contribution >= 0.6 is 26.6 Å². The van der Waals surface area contributed by atoms with E-state index in [-0.39, 0.29) is 15.6 Å². The lowest BCUT2D eigenvalue weighted by atomic mass is 9.78. The molecule has 4 nitrogen and oxygen atoms in total. The highest BCUT2D eigenvalue weighted by Gasteiger charge is 2.34. The third-order valence-electron chi connectivity index (χ3n) is 3.39. The van der Waals surface area contributed by atoms with Crippen molar-refractivity contribution in [2.75, 3.05) is 0 Å². The molecule has 0 radical (unpaired) electrons. The summed E-state index contributed by atoms with van der Waals surface area (Å²) in [6, 6.07) is 2.04. The van der Waals surface area contributed by atoms with Gasteiger partial charge in [-0.2, -0.15) is 0 Å². The zero-order valence-corrected chi connectivity index (χ0v) is 13.7. The van der Waals surface area contributed by atoms with Gasteiger partial charge in [-0.1, -0.05) is 0 Å². The molecule has 0 heterocycles. The quantitative estimate of drug-likeness (QED) is 0.814. The van der Waals surface area contributed by atoms with Crippen molar-refractivity contribution in [3.8, 4) is 0 Å². The van der Waals surface area contributed by atoms with Crippen molar-refractivity contribution in [2.24, 2.45) is 0 Å². The number of hydrogen-bond donors (Lipinski definition) is 1. The minimum absolute atomic E-state index is 0.0712. The van der Waals surface area contributed by atoms with Gasteiger partial charge in [-0.25, -0.2) is 12.8 Å². The first-order valence-electron chi connectivity index (χ1n) is 5.89. The van der Waals surface area contributed by atoms with E-state index in [1.54, 1.807) is 0 Å². The number of carbonyl (C=O) groups excluding carboxylic acids is 1. The molecule has 0 atom stereocenters. The van der Waals surface area contributed by atoms with E-state index in [1.165, 1.54) is 0 Å². The Labute approximate surface area is 129 Å². The summed E-state index contributed by atoms with van der Waals surface area (Å²) in [5.74, 6) is -1.36. The van der Waals surface area contributed by atoms with Gasteiger partial charge in [0.05, 0.1) is 4.47 Å². The molecule has 0 aromatic heterocycles. The lowest BCUT2D eigenvalue weighted by molar-refractivity contribution is 0.0849. The Balaban J connectivity index is 2.38. The Hall–Kier alpha value is -0.660. The minimum atomic E-state index is -4.14. The second-order valence-electron chi connectivity index (χ2n) is 5.08. The Bertz CT molecular complexity index is 674. The highest BCUT2D eigenvalue weighted by atomic mass is 79.9. The van der Waals surface area contributed by atoms with Gasteiger partial charge in [-0.05, 0) is 54.2 Å². The predicted octanol–water partition coefficient (Wildman–Crippen LogP) is 3.19. The van der Waals surface area contributed by atoms with Crippen LogP contribution in [0.1, 0.15) is 36.5 Å². The Morgan fingerprint density at radius 3 is 2.50 bits per heavy atom. The van der Waals surface area contributed by atoms with Gasteiger partial charge in [0.15, 0.2) is 0 Å². The maximum absolute atomic E-state index is 13.7. The van der Waals surface area contributed by atoms with Crippen molar-refractivity contribution in [2.45, 2.75) is 36.6 Å². The number of benzene rings is 1. The highest BCUT2D eigenvalue weighted by Crippen LogP contribution is 2.32. The topological polar surface area (TPSA) is 63.2 Å². The molecule has 20 heavy (non-hydrogen) atoms. The lowest BCUT2D eigenvalue weighted by Gasteiger charge is -2.39. The fraction of sp³-hybridized carbons (Fsp3) is 0.417. The van der Waals surface area contributed by atoms with Crippen LogP contribution in [-0.2, 0) is 9.05 Å². The SMILES string of the molecule is CC1(NC(=O)c2cc(F)c(Br)c(S(=O)(=O)Cl)c2)CCC1. The summed E-state index contributed by atoms with van der Waals surface area (Å²) in [6.45, 7) is 1.89. The van der Waals surface area contributed by atoms with Crippen LogP contribution < -0.4 is 5.32 Å². The van der Waals surface area contributed by atoms with Gasteiger partial charge >= 0.3 is 0 Å². The van der Waals surface area contributed by atoms with E-state index in [0.717, 1.165) is 31.4 Å². The average molecular weight is 385 g/mol. The number of rotatable bonds is 3. The Morgan fingerprint density at radius 2 is 2.05 bits per heavy atom. The van der Waals surface area contributed by atoms with Gasteiger partial charge in [0.1, 0.15) is 10.7 Å². The molecule has 1 saturated carbocycles. The number of hydrogen-bond acceptors (Lipinski definition) is 3. The lowest BCUT2D eigenvalue weighted by Crippen LogP contribution is -2.50. The molecule has 1 N–H and O–H groups in total. The third-order valence-corrected chi connectivity index (χ3v) is 5.81. The summed E-state index contributed by atoms with van der Waals surface area (Å²) in [4.78, 5) is 11.6. The van der Waals surface area contributed by atoms with Crippen molar-refractivity contribution in [1.29, 1.82) is 0 Å². The van der Waals surface area contributed by atoms with Crippen molar-refractivity contribution in [3.05, 3.63) is 28.0 Å². The molecular weight excluding hydrogens is 373 g/mol. The average Bonchev–Trinajstić information content (AvgIpc) is 2.28. The van der Waals surface area contributed by atoms with Crippen molar-refractivity contribution in [3.63, 3.8) is 0 Å². The zero-order valence-electron chi connectivity index (χ0n) is 10.5. The van der Waals surface area contributed by atoms with Crippen LogP contribution in [0.4, 0.5) is 4.39 Å². The van der Waals surface area contributed by atoms with E-state index >= 15 is 0 Å². The van der Waals surface area contributed by atoms with Crippen molar-refractivity contribution in [1.82, 2.24) is 5.32 Å². The number of amides is 1. The molecule has 1 amide bonds. The molecule has 0 unspecified atom stereocenters. The first-order valence-corrected chi connectivity index (χ1v) is 8.99. The molecule has 1 aliphatic rings. The monoisotopic (exact) mass is 383 g/mol. The summed E-state index contributed by atoms with van der Waals surface area (Å²) in [5.41, 5.74) is -0.376. The van der Waals surface area contributed by atoms with Crippen LogP contribution in [-0.4, -0.2) is 19.9 Å². The highest BCUT2D eigenvalue weighted by molar-refractivity contribution is 9.10. The van der Waals surface area contributed by atoms with Gasteiger partial charge in [-0.3, -0.25) is 4.79 Å². The van der Waals surface area contributed by atoms with Crippen LogP contribution in [0, 0.1) is 5.82 Å². The number of nitrogens with one attached hydrogen (secondary N) is 1. The first-order chi connectivity index (χ1) is 9.12. The summed E-state index contributed by atoms with van der Waals surface area (Å²) < 4.78 is 36.2. The fourth-order valence-corrected chi connectivity index (χ4v) is 4.14. The second-order valence-corrected chi connectivity index (χ2v) is 8.40. The van der Waals surface area contributed by atoms with Crippen molar-refractivity contribution >= 4 is 41.6 Å². The van der Waals surface area contributed by atoms with Gasteiger partial charge < -0.3 is 5.32 Å². The van der Waals surface area contributed by atoms with Gasteiger partial charge in [0.2, 0.25) is 0 Å². The first kappa shape index (κ1) is 15.7. The molecule has 0 spiro atoms. The van der Waals surface area contributed by atoms with Crippen LogP contribution in [0.2, 0.25) is 0 Å². The van der Waals surface area contributed by atoms with Crippen LogP contribution in [0.5, 0.6) is 0 Å². The van der Waals surface area contributed by atoms with E-state index in [4.69, 9.17) is 10.7 Å². The molecule has 0 saturated heterocycles. The Kier molecular flexibility index (Phi) is 4.15. The Morgan fingerprint density at radius 1 is 1.45 bits per heavy atom. The minimum Gasteiger partial charge on any atom is -0.347 e. The zero-order chi connectivity index (χ0) is 15.1.